The number of carbonyl (C=O) groups is 1. The topological polar surface area (TPSA) is 121 Å². The van der Waals surface area contributed by atoms with E-state index < -0.39 is 12.0 Å². The van der Waals surface area contributed by atoms with Gasteiger partial charge in [-0.05, 0) is 61.4 Å². The molecule has 11 heteroatoms. The summed E-state index contributed by atoms with van der Waals surface area (Å²) in [5, 5.41) is 9.37. The van der Waals surface area contributed by atoms with Crippen molar-refractivity contribution < 1.29 is 28.5 Å². The van der Waals surface area contributed by atoms with Crippen LogP contribution in [0.3, 0.4) is 0 Å². The Labute approximate surface area is 256 Å². The number of hydrogen-bond donors (Lipinski definition) is 0. The Morgan fingerprint density at radius 3 is 2.75 bits per heavy atom. The van der Waals surface area contributed by atoms with Crippen LogP contribution in [0.2, 0.25) is 0 Å². The zero-order valence-electron chi connectivity index (χ0n) is 24.2. The van der Waals surface area contributed by atoms with Crippen molar-refractivity contribution in [2.45, 2.75) is 26.5 Å². The smallest absolute Gasteiger partial charge is 0.338 e. The zero-order chi connectivity index (χ0) is 30.8. The summed E-state index contributed by atoms with van der Waals surface area (Å²) in [7, 11) is 1.54. The fourth-order valence-corrected chi connectivity index (χ4v) is 6.19. The van der Waals surface area contributed by atoms with Crippen LogP contribution in [0.25, 0.3) is 6.08 Å². The molecule has 2 aliphatic heterocycles. The number of methoxy groups -OCH3 is 1. The number of nitriles is 1. The molecule has 2 aliphatic rings. The van der Waals surface area contributed by atoms with Crippen LogP contribution in [0.4, 0.5) is 0 Å². The fourth-order valence-electron chi connectivity index (χ4n) is 5.15. The third-order valence-corrected chi connectivity index (χ3v) is 8.22. The van der Waals surface area contributed by atoms with Crippen LogP contribution in [0.15, 0.2) is 81.7 Å². The van der Waals surface area contributed by atoms with E-state index in [1.807, 2.05) is 24.3 Å². The number of rotatable bonds is 8. The number of ether oxygens (including phenoxy) is 5. The highest BCUT2D eigenvalue weighted by atomic mass is 32.1. The van der Waals surface area contributed by atoms with E-state index in [9.17, 15) is 14.9 Å². The third-order valence-electron chi connectivity index (χ3n) is 7.24. The lowest BCUT2D eigenvalue weighted by molar-refractivity contribution is -0.139. The Morgan fingerprint density at radius 1 is 1.14 bits per heavy atom. The van der Waals surface area contributed by atoms with Gasteiger partial charge in [-0.25, -0.2) is 9.79 Å². The number of aromatic nitrogens is 1. The van der Waals surface area contributed by atoms with E-state index >= 15 is 0 Å². The summed E-state index contributed by atoms with van der Waals surface area (Å²) in [5.74, 6) is 1.56. The van der Waals surface area contributed by atoms with E-state index in [0.717, 1.165) is 5.56 Å². The predicted molar refractivity (Wildman–Crippen MR) is 161 cm³/mol. The molecule has 10 nitrogen and oxygen atoms in total. The minimum Gasteiger partial charge on any atom is -0.493 e. The molecule has 0 N–H and O–H groups in total. The summed E-state index contributed by atoms with van der Waals surface area (Å²) in [5.41, 5.74) is 3.12. The van der Waals surface area contributed by atoms with Gasteiger partial charge in [0.2, 0.25) is 6.79 Å². The van der Waals surface area contributed by atoms with E-state index in [2.05, 4.69) is 11.1 Å². The minimum absolute atomic E-state index is 0.0988. The van der Waals surface area contributed by atoms with E-state index in [1.54, 1.807) is 56.3 Å². The van der Waals surface area contributed by atoms with Crippen molar-refractivity contribution in [2.24, 2.45) is 4.99 Å². The second-order valence-corrected chi connectivity index (χ2v) is 10.9. The number of fused-ring (bicyclic) bond motifs is 2. The first-order valence-corrected chi connectivity index (χ1v) is 14.6. The number of nitrogens with zero attached hydrogens (tertiary/aromatic N) is 3. The van der Waals surface area contributed by atoms with E-state index in [1.165, 1.54) is 23.0 Å². The largest absolute Gasteiger partial charge is 0.493 e. The van der Waals surface area contributed by atoms with Crippen molar-refractivity contribution in [1.29, 1.82) is 5.26 Å². The molecule has 4 aromatic rings. The second-order valence-electron chi connectivity index (χ2n) is 9.88. The summed E-state index contributed by atoms with van der Waals surface area (Å²) in [4.78, 5) is 32.2. The van der Waals surface area contributed by atoms with Crippen LogP contribution in [0.5, 0.6) is 23.0 Å². The van der Waals surface area contributed by atoms with Gasteiger partial charge in [-0.15, -0.1) is 0 Å². The molecular weight excluding hydrogens is 582 g/mol. The van der Waals surface area contributed by atoms with Crippen molar-refractivity contribution >= 4 is 23.4 Å². The molecule has 1 aromatic heterocycles. The SMILES string of the molecule is CCOC(=O)C1=C(C)N=c2sc(=Cc3ccc(OCc4ccccc4C#N)c(OC)c3)c(=O)n2[C@@H]1c1ccc2c(c1)OCO2. The molecule has 3 aromatic carbocycles. The first-order chi connectivity index (χ1) is 21.4. The maximum atomic E-state index is 14.0. The molecule has 3 heterocycles. The highest BCUT2D eigenvalue weighted by Gasteiger charge is 2.34. The lowest BCUT2D eigenvalue weighted by Gasteiger charge is -2.24. The standard InChI is InChI=1S/C33H27N3O7S/c1-4-40-32(38)29-19(2)35-33-36(30(29)21-10-12-25-27(15-21)43-18-42-25)31(37)28(44-33)14-20-9-11-24(26(13-20)39-3)41-17-23-8-6-5-7-22(23)16-34/h5-15,30H,4,17-18H2,1-3H3/t30-/m1/s1. The van der Waals surface area contributed by atoms with Crippen molar-refractivity contribution in [3.63, 3.8) is 0 Å². The highest BCUT2D eigenvalue weighted by molar-refractivity contribution is 7.07. The molecule has 44 heavy (non-hydrogen) atoms. The number of benzene rings is 3. The normalized spacial score (nSPS) is 15.3. The number of esters is 1. The number of carbonyl (C=O) groups excluding carboxylic acids is 1. The van der Waals surface area contributed by atoms with Crippen LogP contribution < -0.4 is 33.8 Å². The molecule has 222 valence electrons. The van der Waals surface area contributed by atoms with Crippen molar-refractivity contribution in [3.8, 4) is 29.1 Å². The number of thiazole rings is 1. The molecule has 0 spiro atoms. The van der Waals surface area contributed by atoms with Crippen molar-refractivity contribution in [1.82, 2.24) is 4.57 Å². The molecule has 0 amide bonds. The second kappa shape index (κ2) is 12.1. The molecule has 0 fully saturated rings. The molecule has 0 saturated heterocycles. The summed E-state index contributed by atoms with van der Waals surface area (Å²) in [6.07, 6.45) is 1.75. The van der Waals surface area contributed by atoms with Crippen LogP contribution in [0.1, 0.15) is 42.1 Å². The Balaban J connectivity index is 1.39. The minimum atomic E-state index is -0.774. The average Bonchev–Trinajstić information content (AvgIpc) is 3.63. The van der Waals surface area contributed by atoms with Gasteiger partial charge in [0.05, 0.1) is 47.2 Å². The third kappa shape index (κ3) is 5.31. The molecule has 0 bridgehead atoms. The fraction of sp³-hybridized carbons (Fsp3) is 0.212. The van der Waals surface area contributed by atoms with Gasteiger partial charge in [-0.2, -0.15) is 5.26 Å². The van der Waals surface area contributed by atoms with Crippen molar-refractivity contribution in [3.05, 3.63) is 114 Å². The first-order valence-electron chi connectivity index (χ1n) is 13.8. The van der Waals surface area contributed by atoms with Gasteiger partial charge >= 0.3 is 5.97 Å². The maximum Gasteiger partial charge on any atom is 0.338 e. The Bertz CT molecular complexity index is 2040. The number of hydrogen-bond acceptors (Lipinski definition) is 10. The summed E-state index contributed by atoms with van der Waals surface area (Å²) < 4.78 is 29.9. The molecule has 0 aliphatic carbocycles. The Kier molecular flexibility index (Phi) is 7.91. The lowest BCUT2D eigenvalue weighted by atomic mass is 9.95. The molecule has 0 saturated carbocycles. The van der Waals surface area contributed by atoms with E-state index in [4.69, 9.17) is 23.7 Å². The molecule has 0 unspecified atom stereocenters. The van der Waals surface area contributed by atoms with Gasteiger partial charge in [-0.3, -0.25) is 9.36 Å². The maximum absolute atomic E-state index is 14.0. The Hall–Kier alpha value is -5.34. The monoisotopic (exact) mass is 609 g/mol. The molecule has 1 atom stereocenters. The average molecular weight is 610 g/mol. The van der Waals surface area contributed by atoms with E-state index in [-0.39, 0.29) is 31.1 Å². The predicted octanol–water partition coefficient (Wildman–Crippen LogP) is 3.99. The van der Waals surface area contributed by atoms with Crippen LogP contribution in [-0.4, -0.2) is 31.0 Å². The summed E-state index contributed by atoms with van der Waals surface area (Å²) >= 11 is 1.22. The quantitative estimate of drug-likeness (QED) is 0.275. The first kappa shape index (κ1) is 28.8. The van der Waals surface area contributed by atoms with Crippen LogP contribution >= 0.6 is 11.3 Å². The summed E-state index contributed by atoms with van der Waals surface area (Å²) in [6, 6.07) is 19.3. The van der Waals surface area contributed by atoms with E-state index in [0.29, 0.717) is 54.7 Å². The van der Waals surface area contributed by atoms with Gasteiger partial charge < -0.3 is 23.7 Å². The van der Waals surface area contributed by atoms with Crippen LogP contribution in [-0.2, 0) is 16.1 Å². The molecular formula is C33H27N3O7S. The lowest BCUT2D eigenvalue weighted by Crippen LogP contribution is -2.39. The Morgan fingerprint density at radius 2 is 1.95 bits per heavy atom. The summed E-state index contributed by atoms with van der Waals surface area (Å²) in [6.45, 7) is 3.94. The molecule has 6 rings (SSSR count). The van der Waals surface area contributed by atoms with Gasteiger partial charge in [0.1, 0.15) is 6.61 Å². The highest BCUT2D eigenvalue weighted by Crippen LogP contribution is 2.38. The zero-order valence-corrected chi connectivity index (χ0v) is 25.0. The van der Waals surface area contributed by atoms with Crippen LogP contribution in [0, 0.1) is 11.3 Å². The number of allylic oxidation sites excluding steroid dienone is 1. The molecule has 0 radical (unpaired) electrons. The van der Waals surface area contributed by atoms with Gasteiger partial charge in [-0.1, -0.05) is 41.7 Å². The van der Waals surface area contributed by atoms with Gasteiger partial charge in [0.15, 0.2) is 27.8 Å². The van der Waals surface area contributed by atoms with Gasteiger partial charge in [0.25, 0.3) is 5.56 Å². The van der Waals surface area contributed by atoms with Crippen molar-refractivity contribution in [2.75, 3.05) is 20.5 Å². The van der Waals surface area contributed by atoms with Gasteiger partial charge in [0, 0.05) is 5.56 Å².